The van der Waals surface area contributed by atoms with Gasteiger partial charge >= 0.3 is 0 Å². The molecule has 1 saturated carbocycles. The summed E-state index contributed by atoms with van der Waals surface area (Å²) in [7, 11) is -12.7. The molecule has 13 nitrogen and oxygen atoms in total. The van der Waals surface area contributed by atoms with Crippen molar-refractivity contribution in [2.45, 2.75) is 61.3 Å². The first-order valence-corrected chi connectivity index (χ1v) is 16.1. The second kappa shape index (κ2) is 11.3. The molecular formula is C21H29N5O8S3. The number of sulfonamides is 3. The van der Waals surface area contributed by atoms with Gasteiger partial charge in [-0.15, -0.1) is 4.13 Å². The van der Waals surface area contributed by atoms with Crippen LogP contribution in [-0.4, -0.2) is 42.0 Å². The summed E-state index contributed by atoms with van der Waals surface area (Å²) in [5.41, 5.74) is 4.91. The molecule has 0 heterocycles. The highest BCUT2D eigenvalue weighted by Crippen LogP contribution is 2.32. The number of benzene rings is 2. The zero-order valence-electron chi connectivity index (χ0n) is 20.0. The van der Waals surface area contributed by atoms with Crippen LogP contribution in [0.3, 0.4) is 0 Å². The highest BCUT2D eigenvalue weighted by Gasteiger charge is 2.27. The SMILES string of the molecule is CCCCS(=O)(=O)NS(=O)(=O)c1cc(Nc2ccc(S(=O)(=O)NC3CCCC3)cc2[N+](=O)[O-])ccc1N. The van der Waals surface area contributed by atoms with Gasteiger partial charge in [-0.05, 0) is 49.6 Å². The summed E-state index contributed by atoms with van der Waals surface area (Å²) < 4.78 is 79.4. The fourth-order valence-electron chi connectivity index (χ4n) is 3.85. The molecule has 0 atom stereocenters. The number of nitro groups is 1. The van der Waals surface area contributed by atoms with E-state index >= 15 is 0 Å². The van der Waals surface area contributed by atoms with Crippen LogP contribution in [0.1, 0.15) is 45.4 Å². The molecular weight excluding hydrogens is 546 g/mol. The van der Waals surface area contributed by atoms with Gasteiger partial charge in [-0.2, -0.15) is 0 Å². The second-order valence-electron chi connectivity index (χ2n) is 8.68. The van der Waals surface area contributed by atoms with E-state index in [1.54, 1.807) is 11.1 Å². The first-order chi connectivity index (χ1) is 17.2. The Kier molecular flexibility index (Phi) is 8.79. The molecule has 5 N–H and O–H groups in total. The molecule has 0 saturated heterocycles. The minimum Gasteiger partial charge on any atom is -0.398 e. The first kappa shape index (κ1) is 28.8. The van der Waals surface area contributed by atoms with Crippen LogP contribution >= 0.6 is 0 Å². The number of nitrogen functional groups attached to an aromatic ring is 1. The van der Waals surface area contributed by atoms with Crippen molar-refractivity contribution in [1.82, 2.24) is 8.85 Å². The molecule has 2 aromatic carbocycles. The standard InChI is InChI=1S/C21H29N5O8S3/c1-2-3-12-35(29,30)25-37(33,34)21-13-16(8-10-18(21)22)23-19-11-9-17(14-20(19)26(27)28)36(31,32)24-15-6-4-5-7-15/h8-11,13-15,23-25H,2-7,12,22H2,1H3. The molecule has 0 radical (unpaired) electrons. The van der Waals surface area contributed by atoms with Crippen molar-refractivity contribution in [3.8, 4) is 0 Å². The minimum absolute atomic E-state index is 0.0447. The number of nitrogens with zero attached hydrogens (tertiary/aromatic N) is 1. The van der Waals surface area contributed by atoms with Crippen LogP contribution in [0.2, 0.25) is 0 Å². The average molecular weight is 576 g/mol. The number of nitro benzene ring substituents is 1. The maximum absolute atomic E-state index is 12.7. The predicted octanol–water partition coefficient (Wildman–Crippen LogP) is 2.55. The number of nitrogens with one attached hydrogen (secondary N) is 3. The number of hydrogen-bond acceptors (Lipinski definition) is 10. The van der Waals surface area contributed by atoms with E-state index in [0.29, 0.717) is 19.3 Å². The van der Waals surface area contributed by atoms with Gasteiger partial charge in [0.15, 0.2) is 0 Å². The molecule has 0 bridgehead atoms. The molecule has 0 unspecified atom stereocenters. The second-order valence-corrected chi connectivity index (χ2v) is 14.1. The summed E-state index contributed by atoms with van der Waals surface area (Å²) in [6, 6.07) is 6.65. The Morgan fingerprint density at radius 2 is 1.68 bits per heavy atom. The molecule has 3 rings (SSSR count). The lowest BCUT2D eigenvalue weighted by atomic mass is 10.2. The zero-order valence-corrected chi connectivity index (χ0v) is 22.5. The molecule has 1 aliphatic carbocycles. The van der Waals surface area contributed by atoms with Crippen LogP contribution in [0.4, 0.5) is 22.7 Å². The predicted molar refractivity (Wildman–Crippen MR) is 139 cm³/mol. The summed E-state index contributed by atoms with van der Waals surface area (Å²) in [6.07, 6.45) is 3.98. The van der Waals surface area contributed by atoms with Crippen molar-refractivity contribution in [1.29, 1.82) is 0 Å². The van der Waals surface area contributed by atoms with Crippen LogP contribution in [0.5, 0.6) is 0 Å². The third-order valence-electron chi connectivity index (χ3n) is 5.74. The van der Waals surface area contributed by atoms with Gasteiger partial charge in [-0.1, -0.05) is 26.2 Å². The van der Waals surface area contributed by atoms with Crippen molar-refractivity contribution in [3.63, 3.8) is 0 Å². The van der Waals surface area contributed by atoms with Crippen molar-refractivity contribution < 1.29 is 30.2 Å². The lowest BCUT2D eigenvalue weighted by Gasteiger charge is -2.14. The monoisotopic (exact) mass is 575 g/mol. The summed E-state index contributed by atoms with van der Waals surface area (Å²) in [5.74, 6) is -0.391. The highest BCUT2D eigenvalue weighted by molar-refractivity contribution is 8.04. The van der Waals surface area contributed by atoms with Gasteiger partial charge in [0, 0.05) is 17.8 Å². The molecule has 0 amide bonds. The lowest BCUT2D eigenvalue weighted by Crippen LogP contribution is -2.33. The maximum atomic E-state index is 12.7. The quantitative estimate of drug-likeness (QED) is 0.165. The van der Waals surface area contributed by atoms with E-state index in [-0.39, 0.29) is 34.4 Å². The molecule has 204 valence electrons. The van der Waals surface area contributed by atoms with E-state index < -0.39 is 51.3 Å². The average Bonchev–Trinajstić information content (AvgIpc) is 3.30. The van der Waals surface area contributed by atoms with Gasteiger partial charge in [0.1, 0.15) is 10.6 Å². The van der Waals surface area contributed by atoms with Crippen molar-refractivity contribution in [2.24, 2.45) is 0 Å². The van der Waals surface area contributed by atoms with Crippen LogP contribution in [0, 0.1) is 10.1 Å². The van der Waals surface area contributed by atoms with Gasteiger partial charge in [-0.25, -0.2) is 30.0 Å². The van der Waals surface area contributed by atoms with Gasteiger partial charge in [0.05, 0.1) is 21.3 Å². The first-order valence-electron chi connectivity index (χ1n) is 11.5. The molecule has 37 heavy (non-hydrogen) atoms. The largest absolute Gasteiger partial charge is 0.398 e. The maximum Gasteiger partial charge on any atom is 0.294 e. The number of hydrogen-bond donors (Lipinski definition) is 4. The molecule has 1 fully saturated rings. The smallest absolute Gasteiger partial charge is 0.294 e. The highest BCUT2D eigenvalue weighted by atomic mass is 32.3. The molecule has 0 aliphatic heterocycles. The van der Waals surface area contributed by atoms with Gasteiger partial charge in [0.25, 0.3) is 15.7 Å². The van der Waals surface area contributed by atoms with E-state index in [4.69, 9.17) is 5.73 Å². The Morgan fingerprint density at radius 3 is 2.30 bits per heavy atom. The van der Waals surface area contributed by atoms with E-state index in [1.807, 2.05) is 0 Å². The van der Waals surface area contributed by atoms with Gasteiger partial charge < -0.3 is 11.1 Å². The van der Waals surface area contributed by atoms with Crippen LogP contribution in [-0.2, 0) is 30.1 Å². The fourth-order valence-corrected chi connectivity index (χ4v) is 8.54. The van der Waals surface area contributed by atoms with E-state index in [9.17, 15) is 35.4 Å². The Morgan fingerprint density at radius 1 is 1.00 bits per heavy atom. The van der Waals surface area contributed by atoms with Crippen LogP contribution < -0.4 is 19.9 Å². The van der Waals surface area contributed by atoms with E-state index in [1.165, 1.54) is 24.3 Å². The lowest BCUT2D eigenvalue weighted by molar-refractivity contribution is -0.384. The van der Waals surface area contributed by atoms with Gasteiger partial charge in [-0.3, -0.25) is 10.1 Å². The third kappa shape index (κ3) is 7.38. The molecule has 16 heteroatoms. The van der Waals surface area contributed by atoms with E-state index in [0.717, 1.165) is 25.0 Å². The van der Waals surface area contributed by atoms with Crippen LogP contribution in [0.25, 0.3) is 0 Å². The van der Waals surface area contributed by atoms with Crippen molar-refractivity contribution in [2.75, 3.05) is 16.8 Å². The summed E-state index contributed by atoms with van der Waals surface area (Å²) >= 11 is 0. The molecule has 0 spiro atoms. The fraction of sp³-hybridized carbons (Fsp3) is 0.429. The number of rotatable bonds is 12. The zero-order chi connectivity index (χ0) is 27.4. The molecule has 0 aromatic heterocycles. The van der Waals surface area contributed by atoms with Crippen molar-refractivity contribution in [3.05, 3.63) is 46.5 Å². The molecule has 2 aromatic rings. The normalized spacial score (nSPS) is 15.1. The minimum atomic E-state index is -4.58. The Bertz CT molecular complexity index is 1490. The van der Waals surface area contributed by atoms with Crippen LogP contribution in [0.15, 0.2) is 46.2 Å². The number of anilines is 3. The summed E-state index contributed by atoms with van der Waals surface area (Å²) in [6.45, 7) is 1.75. The topological polar surface area (TPSA) is 208 Å². The summed E-state index contributed by atoms with van der Waals surface area (Å²) in [5, 5.41) is 14.4. The Hall–Kier alpha value is -2.79. The number of unbranched alkanes of at least 4 members (excludes halogenated alkanes) is 1. The molecule has 1 aliphatic rings. The van der Waals surface area contributed by atoms with Crippen molar-refractivity contribution >= 4 is 52.8 Å². The Labute approximate surface area is 216 Å². The Balaban J connectivity index is 1.90. The third-order valence-corrected chi connectivity index (χ3v) is 10.9. The van der Waals surface area contributed by atoms with E-state index in [2.05, 4.69) is 10.0 Å². The van der Waals surface area contributed by atoms with Gasteiger partial charge in [0.2, 0.25) is 20.0 Å². The summed E-state index contributed by atoms with van der Waals surface area (Å²) in [4.78, 5) is 10.1. The number of nitrogens with two attached hydrogens (primary N) is 1.